The second-order valence-electron chi connectivity index (χ2n) is 4.18. The summed E-state index contributed by atoms with van der Waals surface area (Å²) in [5.74, 6) is 0.863. The van der Waals surface area contributed by atoms with E-state index in [0.29, 0.717) is 23.8 Å². The van der Waals surface area contributed by atoms with E-state index in [2.05, 4.69) is 9.97 Å². The van der Waals surface area contributed by atoms with Gasteiger partial charge in [0.1, 0.15) is 0 Å². The molecular formula is C13H12N4O2. The Morgan fingerprint density at radius 1 is 1.37 bits per heavy atom. The Hall–Kier alpha value is -2.63. The van der Waals surface area contributed by atoms with Gasteiger partial charge >= 0.3 is 0 Å². The molecule has 6 nitrogen and oxygen atoms in total. The third kappa shape index (κ3) is 2.20. The van der Waals surface area contributed by atoms with Crippen molar-refractivity contribution in [3.63, 3.8) is 0 Å². The fraction of sp³-hybridized carbons (Fsp3) is 0.154. The number of nitrogens with two attached hydrogens (primary N) is 1. The van der Waals surface area contributed by atoms with Crippen molar-refractivity contribution in [3.05, 3.63) is 42.4 Å². The first-order valence-electron chi connectivity index (χ1n) is 5.82. The van der Waals surface area contributed by atoms with Gasteiger partial charge in [0.2, 0.25) is 0 Å². The average Bonchev–Trinajstić information content (AvgIpc) is 2.43. The molecule has 96 valence electrons. The van der Waals surface area contributed by atoms with Crippen molar-refractivity contribution in [3.8, 4) is 5.75 Å². The lowest BCUT2D eigenvalue weighted by Gasteiger charge is -2.27. The van der Waals surface area contributed by atoms with Crippen LogP contribution in [-0.2, 0) is 11.3 Å². The summed E-state index contributed by atoms with van der Waals surface area (Å²) in [6.07, 6.45) is 3.20. The quantitative estimate of drug-likeness (QED) is 0.866. The molecule has 0 fully saturated rings. The highest BCUT2D eigenvalue weighted by Gasteiger charge is 2.27. The maximum atomic E-state index is 11.9. The van der Waals surface area contributed by atoms with E-state index in [-0.39, 0.29) is 12.5 Å². The molecule has 2 aromatic rings. The molecule has 0 saturated carbocycles. The van der Waals surface area contributed by atoms with Crippen LogP contribution in [0.2, 0.25) is 0 Å². The van der Waals surface area contributed by atoms with Crippen LogP contribution in [0.1, 0.15) is 5.69 Å². The predicted molar refractivity (Wildman–Crippen MR) is 69.6 cm³/mol. The lowest BCUT2D eigenvalue weighted by Crippen LogP contribution is -2.39. The molecule has 1 amide bonds. The lowest BCUT2D eigenvalue weighted by atomic mass is 10.2. The number of hydrogen-bond donors (Lipinski definition) is 1. The molecule has 0 saturated heterocycles. The van der Waals surface area contributed by atoms with E-state index in [9.17, 15) is 4.79 Å². The topological polar surface area (TPSA) is 81.3 Å². The van der Waals surface area contributed by atoms with Gasteiger partial charge in [0, 0.05) is 12.3 Å². The zero-order valence-corrected chi connectivity index (χ0v) is 10.1. The van der Waals surface area contributed by atoms with Crippen LogP contribution in [0.3, 0.4) is 0 Å². The van der Waals surface area contributed by atoms with Crippen LogP contribution in [-0.4, -0.2) is 22.5 Å². The summed E-state index contributed by atoms with van der Waals surface area (Å²) in [7, 11) is 0. The number of amides is 1. The number of hydrogen-bond acceptors (Lipinski definition) is 5. The van der Waals surface area contributed by atoms with Crippen molar-refractivity contribution in [2.24, 2.45) is 0 Å². The number of rotatable bonds is 2. The number of ether oxygens (including phenoxy) is 1. The minimum atomic E-state index is -0.143. The predicted octanol–water partition coefficient (Wildman–Crippen LogP) is 0.984. The highest BCUT2D eigenvalue weighted by atomic mass is 16.5. The zero-order valence-electron chi connectivity index (χ0n) is 10.1. The summed E-state index contributed by atoms with van der Waals surface area (Å²) >= 11 is 0. The van der Waals surface area contributed by atoms with Gasteiger partial charge in [0.15, 0.2) is 18.2 Å². The van der Waals surface area contributed by atoms with E-state index < -0.39 is 0 Å². The smallest absolute Gasteiger partial charge is 0.266 e. The summed E-state index contributed by atoms with van der Waals surface area (Å²) < 4.78 is 5.33. The van der Waals surface area contributed by atoms with Crippen LogP contribution in [0, 0.1) is 0 Å². The highest BCUT2D eigenvalue weighted by molar-refractivity contribution is 5.96. The fourth-order valence-electron chi connectivity index (χ4n) is 1.91. The first kappa shape index (κ1) is 11.5. The summed E-state index contributed by atoms with van der Waals surface area (Å²) in [6.45, 7) is 0.359. The molecule has 6 heteroatoms. The minimum absolute atomic E-state index is 0.00896. The monoisotopic (exact) mass is 256 g/mol. The first-order chi connectivity index (χ1) is 9.24. The van der Waals surface area contributed by atoms with Crippen molar-refractivity contribution >= 4 is 17.4 Å². The minimum Gasteiger partial charge on any atom is -0.480 e. The average molecular weight is 256 g/mol. The van der Waals surface area contributed by atoms with E-state index >= 15 is 0 Å². The van der Waals surface area contributed by atoms with Crippen molar-refractivity contribution in [2.45, 2.75) is 6.54 Å². The lowest BCUT2D eigenvalue weighted by molar-refractivity contribution is -0.121. The maximum Gasteiger partial charge on any atom is 0.266 e. The Morgan fingerprint density at radius 3 is 3.05 bits per heavy atom. The largest absolute Gasteiger partial charge is 0.480 e. The van der Waals surface area contributed by atoms with Gasteiger partial charge in [-0.2, -0.15) is 0 Å². The van der Waals surface area contributed by atoms with Gasteiger partial charge in [-0.15, -0.1) is 0 Å². The van der Waals surface area contributed by atoms with Gasteiger partial charge in [-0.3, -0.25) is 14.7 Å². The Bertz CT molecular complexity index is 615. The van der Waals surface area contributed by atoms with Crippen LogP contribution in [0.15, 0.2) is 36.7 Å². The second-order valence-corrected chi connectivity index (χ2v) is 4.18. The SMILES string of the molecule is Nc1cnc2c(c1)OCC(=O)N2Cc1ccccn1. The molecule has 3 heterocycles. The summed E-state index contributed by atoms with van der Waals surface area (Å²) in [5.41, 5.74) is 6.96. The molecule has 2 aromatic heterocycles. The molecule has 1 aliphatic rings. The van der Waals surface area contributed by atoms with E-state index in [4.69, 9.17) is 10.5 Å². The number of nitrogens with zero attached hydrogens (tertiary/aromatic N) is 3. The van der Waals surface area contributed by atoms with Crippen LogP contribution in [0.5, 0.6) is 5.75 Å². The van der Waals surface area contributed by atoms with Crippen LogP contribution in [0.25, 0.3) is 0 Å². The second kappa shape index (κ2) is 4.56. The first-order valence-corrected chi connectivity index (χ1v) is 5.82. The third-order valence-corrected chi connectivity index (χ3v) is 2.81. The number of carbonyl (C=O) groups is 1. The van der Waals surface area contributed by atoms with Crippen LogP contribution in [0.4, 0.5) is 11.5 Å². The van der Waals surface area contributed by atoms with Crippen molar-refractivity contribution in [1.29, 1.82) is 0 Å². The van der Waals surface area contributed by atoms with E-state index in [1.165, 1.54) is 6.20 Å². The molecule has 19 heavy (non-hydrogen) atoms. The number of fused-ring (bicyclic) bond motifs is 1. The Kier molecular flexibility index (Phi) is 2.75. The third-order valence-electron chi connectivity index (χ3n) is 2.81. The van der Waals surface area contributed by atoms with Gasteiger partial charge in [-0.05, 0) is 12.1 Å². The van der Waals surface area contributed by atoms with E-state index in [1.807, 2.05) is 18.2 Å². The summed E-state index contributed by atoms with van der Waals surface area (Å²) in [5, 5.41) is 0. The molecule has 0 aliphatic carbocycles. The maximum absolute atomic E-state index is 11.9. The Balaban J connectivity index is 1.95. The number of anilines is 2. The van der Waals surface area contributed by atoms with Crippen LogP contribution < -0.4 is 15.4 Å². The molecule has 0 radical (unpaired) electrons. The molecule has 1 aliphatic heterocycles. The fourth-order valence-corrected chi connectivity index (χ4v) is 1.91. The molecule has 0 spiro atoms. The molecular weight excluding hydrogens is 244 g/mol. The van der Waals surface area contributed by atoms with Gasteiger partial charge in [-0.1, -0.05) is 6.07 Å². The standard InChI is InChI=1S/C13H12N4O2/c14-9-5-11-13(16-6-9)17(12(18)8-19-11)7-10-3-1-2-4-15-10/h1-6H,7-8,14H2. The number of nitrogen functional groups attached to an aromatic ring is 1. The summed E-state index contributed by atoms with van der Waals surface area (Å²) in [4.78, 5) is 21.9. The molecule has 3 rings (SSSR count). The van der Waals surface area contributed by atoms with Crippen molar-refractivity contribution < 1.29 is 9.53 Å². The number of carbonyl (C=O) groups excluding carboxylic acids is 1. The van der Waals surface area contributed by atoms with Gasteiger partial charge in [-0.25, -0.2) is 4.98 Å². The zero-order chi connectivity index (χ0) is 13.2. The van der Waals surface area contributed by atoms with E-state index in [1.54, 1.807) is 17.2 Å². The van der Waals surface area contributed by atoms with Crippen molar-refractivity contribution in [1.82, 2.24) is 9.97 Å². The molecule has 0 bridgehead atoms. The highest BCUT2D eigenvalue weighted by Crippen LogP contribution is 2.31. The molecule has 0 unspecified atom stereocenters. The van der Waals surface area contributed by atoms with Gasteiger partial charge in [0.25, 0.3) is 5.91 Å². The van der Waals surface area contributed by atoms with Crippen LogP contribution >= 0.6 is 0 Å². The molecule has 0 atom stereocenters. The normalized spacial score (nSPS) is 13.9. The van der Waals surface area contributed by atoms with E-state index in [0.717, 1.165) is 5.69 Å². The molecule has 0 aromatic carbocycles. The van der Waals surface area contributed by atoms with Crippen molar-refractivity contribution in [2.75, 3.05) is 17.2 Å². The molecule has 2 N–H and O–H groups in total. The Morgan fingerprint density at radius 2 is 2.26 bits per heavy atom. The van der Waals surface area contributed by atoms with Gasteiger partial charge in [0.05, 0.1) is 24.1 Å². The summed E-state index contributed by atoms with van der Waals surface area (Å²) in [6, 6.07) is 7.24. The number of aromatic nitrogens is 2. The number of pyridine rings is 2. The Labute approximate surface area is 109 Å². The van der Waals surface area contributed by atoms with Gasteiger partial charge < -0.3 is 10.5 Å².